The Balaban J connectivity index is 1.32. The van der Waals surface area contributed by atoms with E-state index < -0.39 is 0 Å². The van der Waals surface area contributed by atoms with Crippen molar-refractivity contribution in [1.29, 1.82) is 0 Å². The Morgan fingerprint density at radius 1 is 1.25 bits per heavy atom. The van der Waals surface area contributed by atoms with Gasteiger partial charge >= 0.3 is 0 Å². The lowest BCUT2D eigenvalue weighted by Gasteiger charge is -2.34. The van der Waals surface area contributed by atoms with E-state index in [1.807, 2.05) is 6.07 Å². The van der Waals surface area contributed by atoms with Crippen molar-refractivity contribution in [3.8, 4) is 0 Å². The van der Waals surface area contributed by atoms with Gasteiger partial charge in [-0.15, -0.1) is 0 Å². The summed E-state index contributed by atoms with van der Waals surface area (Å²) in [4.78, 5) is 2.54. The van der Waals surface area contributed by atoms with E-state index in [1.165, 1.54) is 44.9 Å². The van der Waals surface area contributed by atoms with Crippen LogP contribution in [0.5, 0.6) is 0 Å². The summed E-state index contributed by atoms with van der Waals surface area (Å²) < 4.78 is 5.71. The van der Waals surface area contributed by atoms with Gasteiger partial charge in [0.05, 0.1) is 12.3 Å². The number of piperidine rings is 1. The van der Waals surface area contributed by atoms with Crippen molar-refractivity contribution < 1.29 is 4.42 Å². The van der Waals surface area contributed by atoms with Crippen molar-refractivity contribution in [3.63, 3.8) is 0 Å². The third kappa shape index (κ3) is 3.62. The third-order valence-corrected chi connectivity index (χ3v) is 6.48. The van der Waals surface area contributed by atoms with Crippen LogP contribution in [-0.4, -0.2) is 35.7 Å². The van der Waals surface area contributed by atoms with Crippen molar-refractivity contribution in [2.45, 2.75) is 57.0 Å². The van der Waals surface area contributed by atoms with E-state index in [1.54, 1.807) is 6.26 Å². The zero-order valence-electron chi connectivity index (χ0n) is 14.4. The zero-order chi connectivity index (χ0) is 16.4. The van der Waals surface area contributed by atoms with Crippen molar-refractivity contribution in [3.05, 3.63) is 24.2 Å². The molecule has 2 N–H and O–H groups in total. The lowest BCUT2D eigenvalue weighted by Crippen LogP contribution is -2.47. The van der Waals surface area contributed by atoms with Gasteiger partial charge in [0.25, 0.3) is 0 Å². The van der Waals surface area contributed by atoms with E-state index in [9.17, 15) is 0 Å². The highest BCUT2D eigenvalue weighted by atomic mass is 32.1. The van der Waals surface area contributed by atoms with Gasteiger partial charge in [0.1, 0.15) is 5.76 Å². The van der Waals surface area contributed by atoms with Gasteiger partial charge in [-0.2, -0.15) is 0 Å². The second kappa shape index (κ2) is 7.44. The zero-order valence-corrected chi connectivity index (χ0v) is 15.2. The van der Waals surface area contributed by atoms with Gasteiger partial charge < -0.3 is 15.1 Å². The standard InChI is InChI=1S/C19H29N3OS/c24-19(21-16-12-14-6-7-15(16)11-14)20-13-17(18-5-4-10-23-18)22-8-2-1-3-9-22/h4-5,10,14-17H,1-3,6-9,11-13H2,(H2,20,21,24)/t14-,15-,16-,17+/m0/s1. The lowest BCUT2D eigenvalue weighted by atomic mass is 9.95. The van der Waals surface area contributed by atoms with Crippen LogP contribution < -0.4 is 10.6 Å². The molecule has 2 aliphatic carbocycles. The Kier molecular flexibility index (Phi) is 5.09. The first kappa shape index (κ1) is 16.4. The number of likely N-dealkylation sites (tertiary alicyclic amines) is 1. The van der Waals surface area contributed by atoms with Crippen LogP contribution in [0.3, 0.4) is 0 Å². The van der Waals surface area contributed by atoms with E-state index in [0.717, 1.165) is 42.3 Å². The highest BCUT2D eigenvalue weighted by Gasteiger charge is 2.39. The minimum Gasteiger partial charge on any atom is -0.468 e. The Morgan fingerprint density at radius 2 is 2.12 bits per heavy atom. The third-order valence-electron chi connectivity index (χ3n) is 6.21. The molecule has 2 heterocycles. The molecule has 24 heavy (non-hydrogen) atoms. The number of hydrogen-bond donors (Lipinski definition) is 2. The van der Waals surface area contributed by atoms with E-state index in [2.05, 4.69) is 21.6 Å². The molecule has 3 aliphatic rings. The molecule has 0 unspecified atom stereocenters. The fourth-order valence-electron chi connectivity index (χ4n) is 4.95. The van der Waals surface area contributed by atoms with Crippen LogP contribution in [0.2, 0.25) is 0 Å². The topological polar surface area (TPSA) is 40.4 Å². The molecule has 132 valence electrons. The van der Waals surface area contributed by atoms with Crippen molar-refractivity contribution in [2.75, 3.05) is 19.6 Å². The van der Waals surface area contributed by atoms with Crippen LogP contribution in [-0.2, 0) is 0 Å². The van der Waals surface area contributed by atoms with Crippen LogP contribution in [0.15, 0.2) is 22.8 Å². The van der Waals surface area contributed by atoms with Gasteiger partial charge in [0.2, 0.25) is 0 Å². The Labute approximate surface area is 150 Å². The first-order valence-corrected chi connectivity index (χ1v) is 10.0. The smallest absolute Gasteiger partial charge is 0.166 e. The maximum absolute atomic E-state index is 5.71. The SMILES string of the molecule is S=C(NC[C@H](c1ccco1)N1CCCCC1)N[C@H]1C[C@H]2CC[C@H]1C2. The Bertz CT molecular complexity index is 541. The summed E-state index contributed by atoms with van der Waals surface area (Å²) in [5, 5.41) is 7.88. The number of rotatable bonds is 5. The molecule has 4 nitrogen and oxygen atoms in total. The van der Waals surface area contributed by atoms with E-state index in [4.69, 9.17) is 16.6 Å². The number of nitrogens with one attached hydrogen (secondary N) is 2. The van der Waals surface area contributed by atoms with Gasteiger partial charge in [-0.05, 0) is 81.4 Å². The first-order valence-electron chi connectivity index (χ1n) is 9.61. The summed E-state index contributed by atoms with van der Waals surface area (Å²) in [6.07, 6.45) is 11.2. The lowest BCUT2D eigenvalue weighted by molar-refractivity contribution is 0.146. The highest BCUT2D eigenvalue weighted by molar-refractivity contribution is 7.80. The summed E-state index contributed by atoms with van der Waals surface area (Å²) in [6, 6.07) is 4.95. The molecule has 4 rings (SSSR count). The number of thiocarbonyl (C=S) groups is 1. The molecule has 1 aromatic rings. The van der Waals surface area contributed by atoms with E-state index >= 15 is 0 Å². The summed E-state index contributed by atoms with van der Waals surface area (Å²) in [7, 11) is 0. The van der Waals surface area contributed by atoms with Gasteiger partial charge in [-0.25, -0.2) is 0 Å². The molecule has 1 aromatic heterocycles. The molecule has 1 aliphatic heterocycles. The molecular weight excluding hydrogens is 318 g/mol. The van der Waals surface area contributed by atoms with Crippen LogP contribution in [0.25, 0.3) is 0 Å². The minimum atomic E-state index is 0.278. The second-order valence-electron chi connectivity index (χ2n) is 7.76. The number of hydrogen-bond acceptors (Lipinski definition) is 3. The van der Waals surface area contributed by atoms with Crippen LogP contribution in [0, 0.1) is 11.8 Å². The molecular formula is C19H29N3OS. The molecule has 0 spiro atoms. The number of nitrogens with zero attached hydrogens (tertiary/aromatic N) is 1. The van der Waals surface area contributed by atoms with Gasteiger partial charge in [-0.3, -0.25) is 4.90 Å². The highest BCUT2D eigenvalue weighted by Crippen LogP contribution is 2.44. The molecule has 0 amide bonds. The summed E-state index contributed by atoms with van der Waals surface area (Å²) in [5.74, 6) is 2.84. The molecule has 2 bridgehead atoms. The predicted molar refractivity (Wildman–Crippen MR) is 99.8 cm³/mol. The molecule has 3 fully saturated rings. The maximum Gasteiger partial charge on any atom is 0.166 e. The van der Waals surface area contributed by atoms with Crippen molar-refractivity contribution in [2.24, 2.45) is 11.8 Å². The fourth-order valence-corrected chi connectivity index (χ4v) is 5.19. The first-order chi connectivity index (χ1) is 11.8. The monoisotopic (exact) mass is 347 g/mol. The number of fused-ring (bicyclic) bond motifs is 2. The summed E-state index contributed by atoms with van der Waals surface area (Å²) in [5.41, 5.74) is 0. The van der Waals surface area contributed by atoms with Gasteiger partial charge in [0, 0.05) is 12.6 Å². The average Bonchev–Trinajstić information content (AvgIpc) is 3.34. The van der Waals surface area contributed by atoms with Gasteiger partial charge in [0.15, 0.2) is 5.11 Å². The quantitative estimate of drug-likeness (QED) is 0.798. The maximum atomic E-state index is 5.71. The molecule has 2 saturated carbocycles. The fraction of sp³-hybridized carbons (Fsp3) is 0.737. The Hall–Kier alpha value is -1.07. The predicted octanol–water partition coefficient (Wildman–Crippen LogP) is 3.46. The van der Waals surface area contributed by atoms with Gasteiger partial charge in [-0.1, -0.05) is 12.8 Å². The largest absolute Gasteiger partial charge is 0.468 e. The second-order valence-corrected chi connectivity index (χ2v) is 8.17. The van der Waals surface area contributed by atoms with Crippen LogP contribution in [0.1, 0.15) is 56.7 Å². The molecule has 0 aromatic carbocycles. The molecule has 1 saturated heterocycles. The molecule has 0 radical (unpaired) electrons. The van der Waals surface area contributed by atoms with E-state index in [0.29, 0.717) is 6.04 Å². The normalized spacial score (nSPS) is 31.1. The summed E-state index contributed by atoms with van der Waals surface area (Å²) >= 11 is 5.58. The van der Waals surface area contributed by atoms with Crippen LogP contribution in [0.4, 0.5) is 0 Å². The van der Waals surface area contributed by atoms with Crippen molar-refractivity contribution >= 4 is 17.3 Å². The Morgan fingerprint density at radius 3 is 2.79 bits per heavy atom. The molecule has 5 heteroatoms. The average molecular weight is 348 g/mol. The minimum absolute atomic E-state index is 0.278. The number of furan rings is 1. The summed E-state index contributed by atoms with van der Waals surface area (Å²) in [6.45, 7) is 3.12. The van der Waals surface area contributed by atoms with Crippen molar-refractivity contribution in [1.82, 2.24) is 15.5 Å². The van der Waals surface area contributed by atoms with Crippen LogP contribution >= 0.6 is 12.2 Å². The molecule has 4 atom stereocenters. The van der Waals surface area contributed by atoms with E-state index in [-0.39, 0.29) is 6.04 Å².